The van der Waals surface area contributed by atoms with Gasteiger partial charge in [-0.15, -0.1) is 0 Å². The van der Waals surface area contributed by atoms with E-state index in [1.165, 1.54) is 12.1 Å². The molecule has 5 nitrogen and oxygen atoms in total. The van der Waals surface area contributed by atoms with E-state index in [-0.39, 0.29) is 10.8 Å². The van der Waals surface area contributed by atoms with E-state index in [1.807, 2.05) is 6.92 Å². The molecule has 0 heterocycles. The summed E-state index contributed by atoms with van der Waals surface area (Å²) in [4.78, 5) is 0.0545. The van der Waals surface area contributed by atoms with Gasteiger partial charge < -0.3 is 0 Å². The molecule has 0 N–H and O–H groups in total. The molecule has 0 radical (unpaired) electrons. The molecule has 0 amide bonds. The van der Waals surface area contributed by atoms with Gasteiger partial charge >= 0.3 is 10.1 Å². The third kappa shape index (κ3) is 4.72. The highest BCUT2D eigenvalue weighted by Gasteiger charge is 2.15. The summed E-state index contributed by atoms with van der Waals surface area (Å²) in [5.41, 5.74) is 0.480. The smallest absolute Gasteiger partial charge is 0.265 e. The van der Waals surface area contributed by atoms with Crippen LogP contribution >= 0.6 is 0 Å². The maximum atomic E-state index is 11.8. The fourth-order valence-corrected chi connectivity index (χ4v) is 2.22. The fourth-order valence-electron chi connectivity index (χ4n) is 1.42. The Kier molecular flexibility index (Phi) is 5.52. The number of hydrogen-bond acceptors (Lipinski definition) is 5. The van der Waals surface area contributed by atoms with Crippen molar-refractivity contribution in [2.24, 2.45) is 11.1 Å². The molecule has 0 saturated carbocycles. The molecule has 1 rings (SSSR count). The van der Waals surface area contributed by atoms with Crippen LogP contribution in [-0.2, 0) is 14.4 Å². The van der Waals surface area contributed by atoms with Gasteiger partial charge in [0.25, 0.3) is 0 Å². The van der Waals surface area contributed by atoms with E-state index in [4.69, 9.17) is 5.26 Å². The van der Waals surface area contributed by atoms with E-state index in [0.29, 0.717) is 18.6 Å². The SMILES string of the molecule is CCC(C#N)CC(C)=NOS(=O)(=O)c1ccccc1. The summed E-state index contributed by atoms with van der Waals surface area (Å²) in [6, 6.07) is 9.92. The molecule has 0 aliphatic rings. The number of hydrogen-bond donors (Lipinski definition) is 0. The summed E-state index contributed by atoms with van der Waals surface area (Å²) < 4.78 is 28.2. The van der Waals surface area contributed by atoms with Crippen LogP contribution in [0.15, 0.2) is 40.4 Å². The van der Waals surface area contributed by atoms with Crippen molar-refractivity contribution in [2.75, 3.05) is 0 Å². The van der Waals surface area contributed by atoms with Crippen molar-refractivity contribution >= 4 is 15.8 Å². The first kappa shape index (κ1) is 15.2. The molecule has 1 aromatic carbocycles. The maximum absolute atomic E-state index is 11.8. The molecule has 19 heavy (non-hydrogen) atoms. The van der Waals surface area contributed by atoms with Gasteiger partial charge in [0.05, 0.1) is 17.7 Å². The van der Waals surface area contributed by atoms with Crippen molar-refractivity contribution in [3.63, 3.8) is 0 Å². The van der Waals surface area contributed by atoms with Crippen molar-refractivity contribution in [1.29, 1.82) is 5.26 Å². The van der Waals surface area contributed by atoms with Crippen molar-refractivity contribution < 1.29 is 12.7 Å². The van der Waals surface area contributed by atoms with E-state index >= 15 is 0 Å². The quantitative estimate of drug-likeness (QED) is 0.592. The Balaban J connectivity index is 2.73. The predicted molar refractivity (Wildman–Crippen MR) is 71.8 cm³/mol. The lowest BCUT2D eigenvalue weighted by Gasteiger charge is -2.05. The summed E-state index contributed by atoms with van der Waals surface area (Å²) in [5.74, 6) is -0.174. The van der Waals surface area contributed by atoms with Crippen LogP contribution in [0.2, 0.25) is 0 Å². The molecule has 0 fully saturated rings. The zero-order valence-electron chi connectivity index (χ0n) is 10.9. The van der Waals surface area contributed by atoms with Gasteiger partial charge in [0, 0.05) is 6.42 Å². The Morgan fingerprint density at radius 3 is 2.58 bits per heavy atom. The molecular weight excluding hydrogens is 264 g/mol. The standard InChI is InChI=1S/C13H16N2O3S/c1-3-12(10-14)9-11(2)15-18-19(16,17)13-7-5-4-6-8-13/h4-8,12H,3,9H2,1-2H3. The Morgan fingerprint density at radius 2 is 2.05 bits per heavy atom. The van der Waals surface area contributed by atoms with Crippen LogP contribution in [0.1, 0.15) is 26.7 Å². The van der Waals surface area contributed by atoms with Gasteiger partial charge in [-0.3, -0.25) is 4.28 Å². The maximum Gasteiger partial charge on any atom is 0.358 e. The van der Waals surface area contributed by atoms with Crippen molar-refractivity contribution in [1.82, 2.24) is 0 Å². The number of nitriles is 1. The van der Waals surface area contributed by atoms with Crippen LogP contribution in [0.5, 0.6) is 0 Å². The van der Waals surface area contributed by atoms with Crippen LogP contribution in [0.4, 0.5) is 0 Å². The minimum absolute atomic E-state index is 0.0545. The van der Waals surface area contributed by atoms with E-state index < -0.39 is 10.1 Å². The summed E-state index contributed by atoms with van der Waals surface area (Å²) in [6.45, 7) is 3.53. The van der Waals surface area contributed by atoms with E-state index in [2.05, 4.69) is 15.5 Å². The molecule has 0 aliphatic heterocycles. The average molecular weight is 280 g/mol. The first-order valence-electron chi connectivity index (χ1n) is 5.91. The second-order valence-electron chi connectivity index (χ2n) is 4.11. The fraction of sp³-hybridized carbons (Fsp3) is 0.385. The molecule has 0 aromatic heterocycles. The Morgan fingerprint density at radius 1 is 1.42 bits per heavy atom. The van der Waals surface area contributed by atoms with Crippen molar-refractivity contribution in [3.05, 3.63) is 30.3 Å². The highest BCUT2D eigenvalue weighted by atomic mass is 32.2. The number of benzene rings is 1. The van der Waals surface area contributed by atoms with Gasteiger partial charge in [-0.1, -0.05) is 30.3 Å². The molecule has 1 atom stereocenters. The molecule has 0 aliphatic carbocycles. The van der Waals surface area contributed by atoms with Crippen LogP contribution in [-0.4, -0.2) is 14.1 Å². The minimum atomic E-state index is -3.87. The topological polar surface area (TPSA) is 79.5 Å². The largest absolute Gasteiger partial charge is 0.358 e. The van der Waals surface area contributed by atoms with E-state index in [1.54, 1.807) is 25.1 Å². The summed E-state index contributed by atoms with van der Waals surface area (Å²) >= 11 is 0. The summed E-state index contributed by atoms with van der Waals surface area (Å²) in [7, 11) is -3.87. The third-order valence-electron chi connectivity index (χ3n) is 2.54. The molecule has 0 bridgehead atoms. The predicted octanol–water partition coefficient (Wildman–Crippen LogP) is 2.71. The van der Waals surface area contributed by atoms with Gasteiger partial charge in [-0.25, -0.2) is 0 Å². The van der Waals surface area contributed by atoms with Crippen molar-refractivity contribution in [3.8, 4) is 6.07 Å². The van der Waals surface area contributed by atoms with Gasteiger partial charge in [0.1, 0.15) is 4.90 Å². The molecule has 0 spiro atoms. The normalized spacial score (nSPS) is 13.6. The molecule has 1 unspecified atom stereocenters. The number of oxime groups is 1. The second-order valence-corrected chi connectivity index (χ2v) is 5.64. The Hall–Kier alpha value is -1.87. The highest BCUT2D eigenvalue weighted by molar-refractivity contribution is 7.86. The van der Waals surface area contributed by atoms with Crippen LogP contribution in [0.3, 0.4) is 0 Å². The van der Waals surface area contributed by atoms with Gasteiger partial charge in [0.15, 0.2) is 0 Å². The summed E-state index contributed by atoms with van der Waals surface area (Å²) in [6.07, 6.45) is 1.09. The first-order valence-corrected chi connectivity index (χ1v) is 7.32. The summed E-state index contributed by atoms with van der Waals surface area (Å²) in [5, 5.41) is 12.4. The van der Waals surface area contributed by atoms with Gasteiger partial charge in [-0.05, 0) is 25.5 Å². The molecule has 102 valence electrons. The molecule has 0 saturated heterocycles. The zero-order chi connectivity index (χ0) is 14.3. The molecular formula is C13H16N2O3S. The molecule has 1 aromatic rings. The van der Waals surface area contributed by atoms with Gasteiger partial charge in [-0.2, -0.15) is 13.7 Å². The lowest BCUT2D eigenvalue weighted by atomic mass is 10.0. The van der Waals surface area contributed by atoms with Gasteiger partial charge in [0.2, 0.25) is 0 Å². The molecule has 6 heteroatoms. The Labute approximate surface area is 113 Å². The van der Waals surface area contributed by atoms with Crippen molar-refractivity contribution in [2.45, 2.75) is 31.6 Å². The van der Waals surface area contributed by atoms with E-state index in [0.717, 1.165) is 0 Å². The monoisotopic (exact) mass is 280 g/mol. The second kappa shape index (κ2) is 6.90. The lowest BCUT2D eigenvalue weighted by molar-refractivity contribution is 0.336. The Bertz CT molecular complexity index is 574. The number of rotatable bonds is 6. The van der Waals surface area contributed by atoms with Crippen LogP contribution in [0, 0.1) is 17.2 Å². The van der Waals surface area contributed by atoms with Crippen LogP contribution < -0.4 is 0 Å². The van der Waals surface area contributed by atoms with Crippen LogP contribution in [0.25, 0.3) is 0 Å². The van der Waals surface area contributed by atoms with E-state index in [9.17, 15) is 8.42 Å². The first-order chi connectivity index (χ1) is 8.99. The minimum Gasteiger partial charge on any atom is -0.265 e. The highest BCUT2D eigenvalue weighted by Crippen LogP contribution is 2.13. The lowest BCUT2D eigenvalue weighted by Crippen LogP contribution is -2.07. The third-order valence-corrected chi connectivity index (χ3v) is 3.66. The number of nitrogens with zero attached hydrogens (tertiary/aromatic N) is 2. The zero-order valence-corrected chi connectivity index (χ0v) is 11.7. The average Bonchev–Trinajstić information content (AvgIpc) is 2.43.